The summed E-state index contributed by atoms with van der Waals surface area (Å²) in [6, 6.07) is 6.06. The Morgan fingerprint density at radius 1 is 1.05 bits per heavy atom. The van der Waals surface area contributed by atoms with Gasteiger partial charge in [-0.25, -0.2) is 17.2 Å². The number of hydrogen-bond donors (Lipinski definition) is 2. The van der Waals surface area contributed by atoms with Crippen molar-refractivity contribution in [3.8, 4) is 0 Å². The predicted molar refractivity (Wildman–Crippen MR) is 77.5 cm³/mol. The molecule has 0 spiro atoms. The molecular formula is C14H14F2N2O2S. The Balaban J connectivity index is 2.46. The monoisotopic (exact) mass is 312 g/mol. The van der Waals surface area contributed by atoms with E-state index in [-0.39, 0.29) is 27.4 Å². The van der Waals surface area contributed by atoms with E-state index >= 15 is 0 Å². The zero-order valence-electron chi connectivity index (χ0n) is 11.4. The van der Waals surface area contributed by atoms with E-state index < -0.39 is 21.7 Å². The van der Waals surface area contributed by atoms with Crippen LogP contribution in [0.4, 0.5) is 20.2 Å². The summed E-state index contributed by atoms with van der Waals surface area (Å²) < 4.78 is 53.7. The number of nitrogens with two attached hydrogens (primary N) is 1. The van der Waals surface area contributed by atoms with Gasteiger partial charge in [0.15, 0.2) is 0 Å². The highest BCUT2D eigenvalue weighted by molar-refractivity contribution is 7.92. The molecule has 0 saturated carbocycles. The van der Waals surface area contributed by atoms with Crippen molar-refractivity contribution in [2.45, 2.75) is 18.7 Å². The fraction of sp³-hybridized carbons (Fsp3) is 0.143. The number of nitrogens with one attached hydrogen (secondary N) is 1. The van der Waals surface area contributed by atoms with Gasteiger partial charge in [-0.1, -0.05) is 6.07 Å². The average molecular weight is 312 g/mol. The minimum absolute atomic E-state index is 0.0336. The van der Waals surface area contributed by atoms with Gasteiger partial charge in [0.05, 0.1) is 10.6 Å². The van der Waals surface area contributed by atoms with Gasteiger partial charge >= 0.3 is 0 Å². The molecule has 0 atom stereocenters. The minimum Gasteiger partial charge on any atom is -0.398 e. The van der Waals surface area contributed by atoms with Crippen LogP contribution in [0.2, 0.25) is 0 Å². The summed E-state index contributed by atoms with van der Waals surface area (Å²) in [5.74, 6) is -1.25. The highest BCUT2D eigenvalue weighted by Gasteiger charge is 2.19. The molecule has 0 aliphatic rings. The molecule has 0 aromatic heterocycles. The van der Waals surface area contributed by atoms with Crippen molar-refractivity contribution in [1.29, 1.82) is 0 Å². The van der Waals surface area contributed by atoms with Crippen LogP contribution in [0.25, 0.3) is 0 Å². The van der Waals surface area contributed by atoms with Crippen molar-refractivity contribution in [2.75, 3.05) is 10.5 Å². The van der Waals surface area contributed by atoms with Crippen LogP contribution in [0.15, 0.2) is 35.2 Å². The van der Waals surface area contributed by atoms with E-state index in [1.807, 2.05) is 0 Å². The smallest absolute Gasteiger partial charge is 0.262 e. The molecule has 0 saturated heterocycles. The molecule has 4 nitrogen and oxygen atoms in total. The standard InChI is InChI=1S/C14H14F2N2O2S/c1-8-12(16)6-10(7-13(8)17)21(19,20)18-14-5-3-4-11(15)9(14)2/h3-7,18H,17H2,1-2H3. The second-order valence-electron chi connectivity index (χ2n) is 4.64. The van der Waals surface area contributed by atoms with Gasteiger partial charge < -0.3 is 5.73 Å². The van der Waals surface area contributed by atoms with E-state index in [0.717, 1.165) is 12.1 Å². The summed E-state index contributed by atoms with van der Waals surface area (Å²) >= 11 is 0. The fourth-order valence-electron chi connectivity index (χ4n) is 1.75. The topological polar surface area (TPSA) is 72.2 Å². The maximum Gasteiger partial charge on any atom is 0.262 e. The van der Waals surface area contributed by atoms with Crippen LogP contribution in [-0.4, -0.2) is 8.42 Å². The molecule has 0 amide bonds. The summed E-state index contributed by atoms with van der Waals surface area (Å²) in [4.78, 5) is -0.313. The van der Waals surface area contributed by atoms with Gasteiger partial charge in [0.1, 0.15) is 11.6 Å². The van der Waals surface area contributed by atoms with E-state index in [4.69, 9.17) is 5.73 Å². The fourth-order valence-corrected chi connectivity index (χ4v) is 2.92. The van der Waals surface area contributed by atoms with Crippen molar-refractivity contribution in [3.63, 3.8) is 0 Å². The predicted octanol–water partition coefficient (Wildman–Crippen LogP) is 2.96. The van der Waals surface area contributed by atoms with Gasteiger partial charge in [0.2, 0.25) is 0 Å². The number of hydrogen-bond acceptors (Lipinski definition) is 3. The first-order valence-electron chi connectivity index (χ1n) is 6.06. The maximum atomic E-state index is 13.6. The number of benzene rings is 2. The molecule has 0 bridgehead atoms. The first-order valence-corrected chi connectivity index (χ1v) is 7.54. The molecule has 0 radical (unpaired) electrons. The third-order valence-corrected chi connectivity index (χ3v) is 4.53. The lowest BCUT2D eigenvalue weighted by Gasteiger charge is -2.12. The van der Waals surface area contributed by atoms with Crippen molar-refractivity contribution >= 4 is 21.4 Å². The lowest BCUT2D eigenvalue weighted by molar-refractivity contribution is 0.593. The van der Waals surface area contributed by atoms with Gasteiger partial charge in [-0.15, -0.1) is 0 Å². The normalized spacial score (nSPS) is 11.4. The molecule has 0 fully saturated rings. The molecule has 0 heterocycles. The van der Waals surface area contributed by atoms with E-state index in [1.54, 1.807) is 0 Å². The maximum absolute atomic E-state index is 13.6. The quantitative estimate of drug-likeness (QED) is 0.856. The van der Waals surface area contributed by atoms with Crippen molar-refractivity contribution in [3.05, 3.63) is 53.1 Å². The van der Waals surface area contributed by atoms with Gasteiger partial charge in [0.25, 0.3) is 10.0 Å². The summed E-state index contributed by atoms with van der Waals surface area (Å²) in [5.41, 5.74) is 6.03. The Hall–Kier alpha value is -2.15. The first kappa shape index (κ1) is 15.2. The van der Waals surface area contributed by atoms with Gasteiger partial charge in [-0.2, -0.15) is 0 Å². The van der Waals surface area contributed by atoms with E-state index in [9.17, 15) is 17.2 Å². The second-order valence-corrected chi connectivity index (χ2v) is 6.32. The van der Waals surface area contributed by atoms with Crippen molar-refractivity contribution < 1.29 is 17.2 Å². The average Bonchev–Trinajstić information content (AvgIpc) is 2.40. The van der Waals surface area contributed by atoms with Crippen LogP contribution < -0.4 is 10.5 Å². The molecule has 112 valence electrons. The second kappa shape index (κ2) is 5.33. The Kier molecular flexibility index (Phi) is 3.87. The van der Waals surface area contributed by atoms with Crippen LogP contribution in [-0.2, 0) is 10.0 Å². The molecule has 0 unspecified atom stereocenters. The SMILES string of the molecule is Cc1c(N)cc(S(=O)(=O)Nc2cccc(F)c2C)cc1F. The summed E-state index contributed by atoms with van der Waals surface area (Å²) in [6.07, 6.45) is 0. The van der Waals surface area contributed by atoms with Crippen molar-refractivity contribution in [2.24, 2.45) is 0 Å². The lowest BCUT2D eigenvalue weighted by atomic mass is 10.2. The largest absolute Gasteiger partial charge is 0.398 e. The summed E-state index contributed by atoms with van der Waals surface area (Å²) in [5, 5.41) is 0. The lowest BCUT2D eigenvalue weighted by Crippen LogP contribution is -2.15. The molecule has 0 aliphatic heterocycles. The van der Waals surface area contributed by atoms with E-state index in [0.29, 0.717) is 0 Å². The first-order chi connectivity index (χ1) is 9.72. The third-order valence-electron chi connectivity index (χ3n) is 3.18. The van der Waals surface area contributed by atoms with Gasteiger partial charge in [-0.3, -0.25) is 4.72 Å². The molecule has 2 rings (SSSR count). The Morgan fingerprint density at radius 3 is 2.33 bits per heavy atom. The minimum atomic E-state index is -4.05. The zero-order valence-corrected chi connectivity index (χ0v) is 12.3. The summed E-state index contributed by atoms with van der Waals surface area (Å²) in [7, 11) is -4.05. The third kappa shape index (κ3) is 2.97. The molecule has 0 aliphatic carbocycles. The zero-order chi connectivity index (χ0) is 15.8. The van der Waals surface area contributed by atoms with Crippen LogP contribution in [0.3, 0.4) is 0 Å². The molecule has 2 aromatic carbocycles. The summed E-state index contributed by atoms with van der Waals surface area (Å²) in [6.45, 7) is 2.89. The molecule has 2 aromatic rings. The van der Waals surface area contributed by atoms with Gasteiger partial charge in [-0.05, 0) is 38.1 Å². The molecular weight excluding hydrogens is 298 g/mol. The highest BCUT2D eigenvalue weighted by atomic mass is 32.2. The van der Waals surface area contributed by atoms with Crippen LogP contribution in [0.5, 0.6) is 0 Å². The van der Waals surface area contributed by atoms with Crippen LogP contribution in [0, 0.1) is 25.5 Å². The number of halogens is 2. The molecule has 21 heavy (non-hydrogen) atoms. The molecule has 3 N–H and O–H groups in total. The Morgan fingerprint density at radius 2 is 1.71 bits per heavy atom. The Bertz CT molecular complexity index is 782. The number of rotatable bonds is 3. The van der Waals surface area contributed by atoms with Gasteiger partial charge in [0, 0.05) is 16.8 Å². The molecule has 7 heteroatoms. The van der Waals surface area contributed by atoms with E-state index in [2.05, 4.69) is 4.72 Å². The van der Waals surface area contributed by atoms with E-state index in [1.165, 1.54) is 32.0 Å². The van der Waals surface area contributed by atoms with Crippen molar-refractivity contribution in [1.82, 2.24) is 0 Å². The van der Waals surface area contributed by atoms with Crippen LogP contribution >= 0.6 is 0 Å². The van der Waals surface area contributed by atoms with Crippen LogP contribution in [0.1, 0.15) is 11.1 Å². The number of anilines is 2. The Labute approximate surface area is 121 Å². The number of nitrogen functional groups attached to an aromatic ring is 1. The number of sulfonamides is 1. The highest BCUT2D eigenvalue weighted by Crippen LogP contribution is 2.25.